The highest BCUT2D eigenvalue weighted by molar-refractivity contribution is 5.99. The van der Waals surface area contributed by atoms with Crippen molar-refractivity contribution in [1.29, 1.82) is 0 Å². The van der Waals surface area contributed by atoms with Crippen LogP contribution in [-0.4, -0.2) is 19.0 Å². The molecule has 18 heavy (non-hydrogen) atoms. The van der Waals surface area contributed by atoms with Gasteiger partial charge in [0.05, 0.1) is 13.2 Å². The van der Waals surface area contributed by atoms with Gasteiger partial charge in [-0.2, -0.15) is 0 Å². The summed E-state index contributed by atoms with van der Waals surface area (Å²) in [5.74, 6) is 0.467. The molecule has 0 bridgehead atoms. The van der Waals surface area contributed by atoms with Gasteiger partial charge in [-0.15, -0.1) is 0 Å². The molecule has 0 aromatic heterocycles. The van der Waals surface area contributed by atoms with Crippen LogP contribution < -0.4 is 0 Å². The van der Waals surface area contributed by atoms with E-state index in [4.69, 9.17) is 9.47 Å². The number of hydrogen-bond acceptors (Lipinski definition) is 3. The van der Waals surface area contributed by atoms with Crippen LogP contribution in [0, 0.1) is 5.92 Å². The van der Waals surface area contributed by atoms with Crippen molar-refractivity contribution in [3.05, 3.63) is 35.4 Å². The van der Waals surface area contributed by atoms with E-state index in [9.17, 15) is 4.79 Å². The summed E-state index contributed by atoms with van der Waals surface area (Å²) in [6.07, 6.45) is 4.05. The monoisotopic (exact) mass is 246 g/mol. The maximum atomic E-state index is 12.5. The molecule has 3 heteroatoms. The highest BCUT2D eigenvalue weighted by atomic mass is 16.7. The molecule has 1 aromatic carbocycles. The van der Waals surface area contributed by atoms with Crippen LogP contribution in [0.1, 0.15) is 47.9 Å². The van der Waals surface area contributed by atoms with Crippen LogP contribution in [0.2, 0.25) is 0 Å². The summed E-state index contributed by atoms with van der Waals surface area (Å²) in [5.41, 5.74) is 1.68. The van der Waals surface area contributed by atoms with Crippen LogP contribution in [0.25, 0.3) is 0 Å². The number of ether oxygens (including phenoxy) is 2. The SMILES string of the molecule is O=C(c1ccccc1C1OCCO1)C1CCCC1. The van der Waals surface area contributed by atoms with Gasteiger partial charge in [0.15, 0.2) is 12.1 Å². The second kappa shape index (κ2) is 5.21. The van der Waals surface area contributed by atoms with Gasteiger partial charge in [0, 0.05) is 17.0 Å². The molecule has 0 N–H and O–H groups in total. The van der Waals surface area contributed by atoms with Crippen molar-refractivity contribution in [2.75, 3.05) is 13.2 Å². The van der Waals surface area contributed by atoms with Crippen LogP contribution in [0.4, 0.5) is 0 Å². The molecule has 1 aliphatic carbocycles. The molecule has 1 aromatic rings. The number of ketones is 1. The Morgan fingerprint density at radius 3 is 2.44 bits per heavy atom. The van der Waals surface area contributed by atoms with Crippen LogP contribution >= 0.6 is 0 Å². The van der Waals surface area contributed by atoms with E-state index in [0.717, 1.165) is 24.0 Å². The minimum absolute atomic E-state index is 0.201. The molecule has 0 atom stereocenters. The fourth-order valence-electron chi connectivity index (χ4n) is 2.87. The Morgan fingerprint density at radius 1 is 1.06 bits per heavy atom. The Labute approximate surface area is 107 Å². The van der Waals surface area contributed by atoms with Crippen molar-refractivity contribution < 1.29 is 14.3 Å². The van der Waals surface area contributed by atoms with Crippen molar-refractivity contribution in [3.8, 4) is 0 Å². The molecular formula is C15H18O3. The zero-order valence-electron chi connectivity index (χ0n) is 10.4. The second-order valence-electron chi connectivity index (χ2n) is 5.01. The van der Waals surface area contributed by atoms with Crippen LogP contribution in [0.5, 0.6) is 0 Å². The molecule has 2 fully saturated rings. The predicted molar refractivity (Wildman–Crippen MR) is 67.4 cm³/mol. The number of hydrogen-bond donors (Lipinski definition) is 0. The predicted octanol–water partition coefficient (Wildman–Crippen LogP) is 3.10. The highest BCUT2D eigenvalue weighted by Gasteiger charge is 2.29. The molecule has 1 aliphatic heterocycles. The van der Waals surface area contributed by atoms with E-state index < -0.39 is 0 Å². The Bertz CT molecular complexity index is 429. The second-order valence-corrected chi connectivity index (χ2v) is 5.01. The molecular weight excluding hydrogens is 228 g/mol. The van der Waals surface area contributed by atoms with Gasteiger partial charge in [0.2, 0.25) is 0 Å². The molecule has 0 unspecified atom stereocenters. The molecule has 3 nitrogen and oxygen atoms in total. The zero-order valence-corrected chi connectivity index (χ0v) is 10.4. The first-order chi connectivity index (χ1) is 8.86. The fraction of sp³-hybridized carbons (Fsp3) is 0.533. The van der Waals surface area contributed by atoms with E-state index in [-0.39, 0.29) is 18.0 Å². The van der Waals surface area contributed by atoms with Gasteiger partial charge in [-0.05, 0) is 12.8 Å². The Balaban J connectivity index is 1.88. The summed E-state index contributed by atoms with van der Waals surface area (Å²) < 4.78 is 11.0. The highest BCUT2D eigenvalue weighted by Crippen LogP contribution is 2.32. The van der Waals surface area contributed by atoms with E-state index in [1.165, 1.54) is 12.8 Å². The Morgan fingerprint density at radius 2 is 1.72 bits per heavy atom. The van der Waals surface area contributed by atoms with E-state index in [1.54, 1.807) is 0 Å². The number of benzene rings is 1. The van der Waals surface area contributed by atoms with Crippen molar-refractivity contribution in [1.82, 2.24) is 0 Å². The van der Waals surface area contributed by atoms with Gasteiger partial charge in [0.1, 0.15) is 0 Å². The first-order valence-corrected chi connectivity index (χ1v) is 6.72. The first-order valence-electron chi connectivity index (χ1n) is 6.72. The van der Waals surface area contributed by atoms with Crippen molar-refractivity contribution in [2.45, 2.75) is 32.0 Å². The molecule has 1 saturated carbocycles. The van der Waals surface area contributed by atoms with Crippen LogP contribution in [0.3, 0.4) is 0 Å². The molecule has 1 saturated heterocycles. The maximum Gasteiger partial charge on any atom is 0.184 e. The minimum atomic E-state index is -0.355. The number of carbonyl (C=O) groups excluding carboxylic acids is 1. The summed E-state index contributed by atoms with van der Waals surface area (Å²) in [7, 11) is 0. The molecule has 0 radical (unpaired) electrons. The van der Waals surface area contributed by atoms with Gasteiger partial charge in [-0.1, -0.05) is 37.1 Å². The molecule has 3 rings (SSSR count). The topological polar surface area (TPSA) is 35.5 Å². The van der Waals surface area contributed by atoms with Gasteiger partial charge >= 0.3 is 0 Å². The normalized spacial score (nSPS) is 21.6. The third-order valence-electron chi connectivity index (χ3n) is 3.83. The van der Waals surface area contributed by atoms with Crippen LogP contribution in [0.15, 0.2) is 24.3 Å². The Hall–Kier alpha value is -1.19. The van der Waals surface area contributed by atoms with E-state index >= 15 is 0 Å². The summed E-state index contributed by atoms with van der Waals surface area (Å²) in [6.45, 7) is 1.22. The fourth-order valence-corrected chi connectivity index (χ4v) is 2.87. The third-order valence-corrected chi connectivity index (χ3v) is 3.83. The largest absolute Gasteiger partial charge is 0.346 e. The van der Waals surface area contributed by atoms with Crippen molar-refractivity contribution >= 4 is 5.78 Å². The van der Waals surface area contributed by atoms with E-state index in [0.29, 0.717) is 13.2 Å². The minimum Gasteiger partial charge on any atom is -0.346 e. The lowest BCUT2D eigenvalue weighted by atomic mass is 9.93. The van der Waals surface area contributed by atoms with Crippen molar-refractivity contribution in [3.63, 3.8) is 0 Å². The summed E-state index contributed by atoms with van der Waals surface area (Å²) >= 11 is 0. The van der Waals surface area contributed by atoms with Crippen molar-refractivity contribution in [2.24, 2.45) is 5.92 Å². The van der Waals surface area contributed by atoms with Crippen LogP contribution in [-0.2, 0) is 9.47 Å². The summed E-state index contributed by atoms with van der Waals surface area (Å²) in [6, 6.07) is 7.70. The average Bonchev–Trinajstić information content (AvgIpc) is 3.11. The lowest BCUT2D eigenvalue weighted by molar-refractivity contribution is -0.0445. The first kappa shape index (κ1) is 11.9. The molecule has 96 valence electrons. The molecule has 0 spiro atoms. The quantitative estimate of drug-likeness (QED) is 0.769. The zero-order chi connectivity index (χ0) is 12.4. The lowest BCUT2D eigenvalue weighted by Crippen LogP contribution is -2.15. The standard InChI is InChI=1S/C15H18O3/c16-14(11-5-1-2-6-11)12-7-3-4-8-13(12)15-17-9-10-18-15/h3-4,7-8,11,15H,1-2,5-6,9-10H2. The average molecular weight is 246 g/mol. The molecule has 0 amide bonds. The van der Waals surface area contributed by atoms with Gasteiger partial charge in [-0.3, -0.25) is 4.79 Å². The Kier molecular flexibility index (Phi) is 3.43. The van der Waals surface area contributed by atoms with E-state index in [1.807, 2.05) is 24.3 Å². The van der Waals surface area contributed by atoms with Gasteiger partial charge in [0.25, 0.3) is 0 Å². The van der Waals surface area contributed by atoms with E-state index in [2.05, 4.69) is 0 Å². The number of rotatable bonds is 3. The third kappa shape index (κ3) is 2.20. The smallest absolute Gasteiger partial charge is 0.184 e. The number of carbonyl (C=O) groups is 1. The maximum absolute atomic E-state index is 12.5. The molecule has 2 aliphatic rings. The summed E-state index contributed by atoms with van der Waals surface area (Å²) in [4.78, 5) is 12.5. The lowest BCUT2D eigenvalue weighted by Gasteiger charge is -2.16. The van der Waals surface area contributed by atoms with Gasteiger partial charge in [-0.25, -0.2) is 0 Å². The van der Waals surface area contributed by atoms with Gasteiger partial charge < -0.3 is 9.47 Å². The number of Topliss-reactive ketones (excluding diaryl/α,β-unsaturated/α-hetero) is 1. The molecule has 1 heterocycles. The summed E-state index contributed by atoms with van der Waals surface area (Å²) in [5, 5.41) is 0.